The lowest BCUT2D eigenvalue weighted by atomic mass is 10.2. The summed E-state index contributed by atoms with van der Waals surface area (Å²) in [7, 11) is -7.54. The number of amides is 1. The molecule has 2 N–H and O–H groups in total. The van der Waals surface area contributed by atoms with Crippen LogP contribution in [0.3, 0.4) is 0 Å². The van der Waals surface area contributed by atoms with Crippen LogP contribution in [0.25, 0.3) is 0 Å². The Morgan fingerprint density at radius 1 is 1.03 bits per heavy atom. The number of fused-ring (bicyclic) bond motifs is 1. The molecule has 12 heteroatoms. The maximum absolute atomic E-state index is 12.8. The van der Waals surface area contributed by atoms with Crippen molar-refractivity contribution in [1.82, 2.24) is 9.03 Å². The zero-order valence-electron chi connectivity index (χ0n) is 17.0. The summed E-state index contributed by atoms with van der Waals surface area (Å²) in [5, 5.41) is 2.50. The Kier molecular flexibility index (Phi) is 6.46. The molecule has 1 amide bonds. The molecule has 4 rings (SSSR count). The first-order valence-electron chi connectivity index (χ1n) is 10.0. The van der Waals surface area contributed by atoms with Gasteiger partial charge in [0.25, 0.3) is 5.91 Å². The monoisotopic (exact) mass is 499 g/mol. The molecule has 2 heterocycles. The fraction of sp³-hybridized carbons (Fsp3) is 0.350. The third-order valence-electron chi connectivity index (χ3n) is 5.30. The van der Waals surface area contributed by atoms with E-state index in [-0.39, 0.29) is 39.6 Å². The molecule has 0 bridgehead atoms. The molecule has 2 aromatic rings. The van der Waals surface area contributed by atoms with Crippen LogP contribution in [0.1, 0.15) is 24.8 Å². The number of benzene rings is 2. The Bertz CT molecular complexity index is 1240. The van der Waals surface area contributed by atoms with Crippen LogP contribution in [0.15, 0.2) is 46.2 Å². The van der Waals surface area contributed by atoms with E-state index in [4.69, 9.17) is 16.3 Å². The van der Waals surface area contributed by atoms with Gasteiger partial charge in [0, 0.05) is 25.7 Å². The first-order chi connectivity index (χ1) is 15.2. The summed E-state index contributed by atoms with van der Waals surface area (Å²) in [6.07, 6.45) is 2.73. The van der Waals surface area contributed by atoms with Crippen molar-refractivity contribution in [2.24, 2.45) is 0 Å². The molecule has 0 radical (unpaired) electrons. The van der Waals surface area contributed by atoms with Crippen molar-refractivity contribution < 1.29 is 26.4 Å². The number of nitrogens with zero attached hydrogens (tertiary/aromatic N) is 1. The van der Waals surface area contributed by atoms with Gasteiger partial charge in [-0.1, -0.05) is 30.2 Å². The standard InChI is InChI=1S/C20H22ClN3O6S2/c21-16-10-17-18(30-13-20(25)23-17)11-19(16)31(26,27)22-12-14-4-6-15(7-5-14)32(28,29)24-8-2-1-3-9-24/h4-7,10-11,22H,1-3,8-9,12-13H2,(H,23,25). The summed E-state index contributed by atoms with van der Waals surface area (Å²) in [5.41, 5.74) is 0.888. The fourth-order valence-electron chi connectivity index (χ4n) is 3.58. The van der Waals surface area contributed by atoms with Gasteiger partial charge >= 0.3 is 0 Å². The minimum atomic E-state index is -3.99. The topological polar surface area (TPSA) is 122 Å². The quantitative estimate of drug-likeness (QED) is 0.629. The van der Waals surface area contributed by atoms with E-state index in [0.717, 1.165) is 19.3 Å². The van der Waals surface area contributed by atoms with Crippen LogP contribution >= 0.6 is 11.6 Å². The van der Waals surface area contributed by atoms with Crippen LogP contribution < -0.4 is 14.8 Å². The number of piperidine rings is 1. The molecule has 2 aromatic carbocycles. The first-order valence-corrected chi connectivity index (χ1v) is 13.3. The third-order valence-corrected chi connectivity index (χ3v) is 9.08. The number of rotatable bonds is 6. The number of halogens is 1. The highest BCUT2D eigenvalue weighted by atomic mass is 35.5. The number of sulfonamides is 2. The average Bonchev–Trinajstić information content (AvgIpc) is 2.78. The van der Waals surface area contributed by atoms with Crippen molar-refractivity contribution in [1.29, 1.82) is 0 Å². The van der Waals surface area contributed by atoms with Crippen molar-refractivity contribution in [3.05, 3.63) is 47.0 Å². The van der Waals surface area contributed by atoms with Crippen LogP contribution in [0.5, 0.6) is 5.75 Å². The van der Waals surface area contributed by atoms with Gasteiger partial charge in [-0.2, -0.15) is 4.31 Å². The van der Waals surface area contributed by atoms with E-state index in [1.54, 1.807) is 12.1 Å². The van der Waals surface area contributed by atoms with Gasteiger partial charge in [0.2, 0.25) is 20.0 Å². The van der Waals surface area contributed by atoms with Gasteiger partial charge in [0.05, 0.1) is 15.6 Å². The second kappa shape index (κ2) is 8.99. The van der Waals surface area contributed by atoms with Crippen molar-refractivity contribution in [2.75, 3.05) is 25.0 Å². The number of carbonyl (C=O) groups excluding carboxylic acids is 1. The normalized spacial score (nSPS) is 17.3. The summed E-state index contributed by atoms with van der Waals surface area (Å²) in [6, 6.07) is 8.70. The number of ether oxygens (including phenoxy) is 1. The maximum Gasteiger partial charge on any atom is 0.262 e. The van der Waals surface area contributed by atoms with Crippen LogP contribution in [0, 0.1) is 0 Å². The summed E-state index contributed by atoms with van der Waals surface area (Å²) in [4.78, 5) is 11.4. The second-order valence-corrected chi connectivity index (χ2v) is 11.6. The van der Waals surface area contributed by atoms with E-state index in [1.165, 1.54) is 28.6 Å². The smallest absolute Gasteiger partial charge is 0.262 e. The fourth-order valence-corrected chi connectivity index (χ4v) is 6.65. The molecule has 32 heavy (non-hydrogen) atoms. The number of hydrogen-bond donors (Lipinski definition) is 2. The lowest BCUT2D eigenvalue weighted by molar-refractivity contribution is -0.118. The molecule has 0 aromatic heterocycles. The predicted molar refractivity (Wildman–Crippen MR) is 119 cm³/mol. The van der Waals surface area contributed by atoms with Gasteiger partial charge in [-0.05, 0) is 36.6 Å². The number of carbonyl (C=O) groups is 1. The minimum absolute atomic E-state index is 0.0582. The Hall–Kier alpha value is -2.18. The van der Waals surface area contributed by atoms with Crippen molar-refractivity contribution >= 4 is 43.2 Å². The molecule has 0 aliphatic carbocycles. The summed E-state index contributed by atoms with van der Waals surface area (Å²) < 4.78 is 60.2. The lowest BCUT2D eigenvalue weighted by Crippen LogP contribution is -2.35. The summed E-state index contributed by atoms with van der Waals surface area (Å²) in [6.45, 7) is 0.753. The van der Waals surface area contributed by atoms with E-state index in [2.05, 4.69) is 10.0 Å². The van der Waals surface area contributed by atoms with Crippen LogP contribution in [-0.4, -0.2) is 46.7 Å². The van der Waals surface area contributed by atoms with Crippen LogP contribution in [0.4, 0.5) is 5.69 Å². The lowest BCUT2D eigenvalue weighted by Gasteiger charge is -2.25. The highest BCUT2D eigenvalue weighted by Crippen LogP contribution is 2.35. The van der Waals surface area contributed by atoms with Crippen molar-refractivity contribution in [3.63, 3.8) is 0 Å². The molecule has 0 atom stereocenters. The molecule has 0 unspecified atom stereocenters. The Labute approximate surface area is 191 Å². The largest absolute Gasteiger partial charge is 0.482 e. The van der Waals surface area contributed by atoms with E-state index >= 15 is 0 Å². The van der Waals surface area contributed by atoms with E-state index in [9.17, 15) is 21.6 Å². The zero-order valence-corrected chi connectivity index (χ0v) is 19.4. The third kappa shape index (κ3) is 4.76. The van der Waals surface area contributed by atoms with Crippen LogP contribution in [0.2, 0.25) is 5.02 Å². The Balaban J connectivity index is 1.47. The summed E-state index contributed by atoms with van der Waals surface area (Å²) >= 11 is 6.12. The molecular formula is C20H22ClN3O6S2. The van der Waals surface area contributed by atoms with Gasteiger partial charge in [-0.3, -0.25) is 4.79 Å². The number of nitrogens with one attached hydrogen (secondary N) is 2. The van der Waals surface area contributed by atoms with Crippen molar-refractivity contribution in [2.45, 2.75) is 35.6 Å². The zero-order chi connectivity index (χ0) is 22.9. The highest BCUT2D eigenvalue weighted by Gasteiger charge is 2.26. The van der Waals surface area contributed by atoms with E-state index in [0.29, 0.717) is 24.3 Å². The molecule has 2 aliphatic rings. The van der Waals surface area contributed by atoms with E-state index < -0.39 is 20.0 Å². The van der Waals surface area contributed by atoms with Gasteiger partial charge in [-0.15, -0.1) is 0 Å². The van der Waals surface area contributed by atoms with Crippen molar-refractivity contribution in [3.8, 4) is 5.75 Å². The average molecular weight is 500 g/mol. The molecule has 9 nitrogen and oxygen atoms in total. The SMILES string of the molecule is O=C1COc2cc(S(=O)(=O)NCc3ccc(S(=O)(=O)N4CCCCC4)cc3)c(Cl)cc2N1. The van der Waals surface area contributed by atoms with E-state index in [1.807, 2.05) is 0 Å². The predicted octanol–water partition coefficient (Wildman–Crippen LogP) is 2.32. The minimum Gasteiger partial charge on any atom is -0.482 e. The molecule has 0 spiro atoms. The van der Waals surface area contributed by atoms with Crippen LogP contribution in [-0.2, 0) is 31.4 Å². The van der Waals surface area contributed by atoms with Gasteiger partial charge in [0.15, 0.2) is 6.61 Å². The Morgan fingerprint density at radius 3 is 2.41 bits per heavy atom. The Morgan fingerprint density at radius 2 is 1.72 bits per heavy atom. The second-order valence-electron chi connectivity index (χ2n) is 7.55. The summed E-state index contributed by atoms with van der Waals surface area (Å²) in [5.74, 6) is -0.144. The highest BCUT2D eigenvalue weighted by molar-refractivity contribution is 7.89. The molecule has 1 fully saturated rings. The number of anilines is 1. The van der Waals surface area contributed by atoms with Gasteiger partial charge in [0.1, 0.15) is 10.6 Å². The maximum atomic E-state index is 12.8. The first kappa shape index (κ1) is 23.0. The van der Waals surface area contributed by atoms with Gasteiger partial charge in [-0.25, -0.2) is 21.6 Å². The molecule has 2 aliphatic heterocycles. The molecule has 0 saturated carbocycles. The number of hydrogen-bond acceptors (Lipinski definition) is 6. The molecule has 1 saturated heterocycles. The molecular weight excluding hydrogens is 478 g/mol. The molecule has 172 valence electrons. The van der Waals surface area contributed by atoms with Gasteiger partial charge < -0.3 is 10.1 Å².